The van der Waals surface area contributed by atoms with Gasteiger partial charge in [-0.05, 0) is 36.1 Å². The van der Waals surface area contributed by atoms with E-state index in [1.807, 2.05) is 0 Å². The van der Waals surface area contributed by atoms with Crippen molar-refractivity contribution in [2.24, 2.45) is 0 Å². The maximum atomic E-state index is 4.60. The van der Waals surface area contributed by atoms with Gasteiger partial charge in [-0.1, -0.05) is 49.9 Å². The second kappa shape index (κ2) is 4.57. The van der Waals surface area contributed by atoms with Gasteiger partial charge in [0.1, 0.15) is 0 Å². The van der Waals surface area contributed by atoms with Gasteiger partial charge in [-0.3, -0.25) is 0 Å². The maximum Gasteiger partial charge on any atom is 0.213 e. The molecule has 0 N–H and O–H groups in total. The van der Waals surface area contributed by atoms with Crippen molar-refractivity contribution in [1.29, 1.82) is 0 Å². The SMILES string of the molecule is C=C1C(CC)(c2ccccc2)C12CCc1ccc3ccc[n+]2c3c1. The van der Waals surface area contributed by atoms with Crippen LogP contribution >= 0.6 is 0 Å². The second-order valence-electron chi connectivity index (χ2n) is 7.24. The first-order chi connectivity index (χ1) is 11.7. The first-order valence-electron chi connectivity index (χ1n) is 8.93. The smallest absolute Gasteiger partial charge is 0.188 e. The molecule has 1 fully saturated rings. The average Bonchev–Trinajstić information content (AvgIpc) is 3.23. The topological polar surface area (TPSA) is 3.88 Å². The molecule has 2 aromatic carbocycles. The first kappa shape index (κ1) is 14.0. The Kier molecular flexibility index (Phi) is 2.66. The summed E-state index contributed by atoms with van der Waals surface area (Å²) in [5.74, 6) is 0. The van der Waals surface area contributed by atoms with E-state index in [0.29, 0.717) is 0 Å². The Hall–Kier alpha value is -2.41. The Morgan fingerprint density at radius 3 is 2.67 bits per heavy atom. The summed E-state index contributed by atoms with van der Waals surface area (Å²) in [5, 5.41) is 1.32. The number of nitrogens with zero attached hydrogens (tertiary/aromatic N) is 1. The molecule has 1 nitrogen and oxygen atoms in total. The Balaban J connectivity index is 1.81. The highest BCUT2D eigenvalue weighted by Gasteiger charge is 2.78. The zero-order valence-corrected chi connectivity index (χ0v) is 14.1. The van der Waals surface area contributed by atoms with Crippen molar-refractivity contribution in [2.45, 2.75) is 37.1 Å². The molecule has 1 saturated carbocycles. The highest BCUT2D eigenvalue weighted by molar-refractivity contribution is 5.77. The summed E-state index contributed by atoms with van der Waals surface area (Å²) >= 11 is 0. The fourth-order valence-corrected chi connectivity index (χ4v) is 5.32. The van der Waals surface area contributed by atoms with Crippen molar-refractivity contribution in [3.8, 4) is 0 Å². The summed E-state index contributed by atoms with van der Waals surface area (Å²) in [6.45, 7) is 6.91. The number of benzene rings is 2. The zero-order valence-electron chi connectivity index (χ0n) is 14.1. The standard InChI is InChI=1S/C23H22N/c1-3-22(20-9-5-4-6-10-20)17(2)23(22)14-13-18-11-12-19-8-7-15-24(23)21(19)16-18/h4-12,15-16H,2-3,13-14H2,1H3/q+1. The molecule has 1 aromatic heterocycles. The van der Waals surface area contributed by atoms with Crippen LogP contribution in [0.1, 0.15) is 30.9 Å². The van der Waals surface area contributed by atoms with Gasteiger partial charge in [0, 0.05) is 29.5 Å². The van der Waals surface area contributed by atoms with Crippen LogP contribution in [0, 0.1) is 0 Å². The van der Waals surface area contributed by atoms with Crippen molar-refractivity contribution in [3.05, 3.63) is 90.1 Å². The van der Waals surface area contributed by atoms with Crippen LogP contribution in [0.15, 0.2) is 79.0 Å². The molecule has 5 rings (SSSR count). The average molecular weight is 312 g/mol. The molecule has 2 aliphatic rings. The molecule has 3 aromatic rings. The van der Waals surface area contributed by atoms with E-state index in [1.165, 1.54) is 27.6 Å². The number of fused-ring (bicyclic) bond motifs is 2. The molecule has 2 heterocycles. The van der Waals surface area contributed by atoms with Gasteiger partial charge in [0.25, 0.3) is 0 Å². The molecule has 0 saturated heterocycles. The summed E-state index contributed by atoms with van der Waals surface area (Å²) in [6, 6.07) is 22.3. The van der Waals surface area contributed by atoms with E-state index >= 15 is 0 Å². The Morgan fingerprint density at radius 1 is 1.04 bits per heavy atom. The zero-order chi connectivity index (χ0) is 16.4. The van der Waals surface area contributed by atoms with Crippen molar-refractivity contribution >= 4 is 10.9 Å². The highest BCUT2D eigenvalue weighted by Crippen LogP contribution is 2.68. The lowest BCUT2D eigenvalue weighted by atomic mass is 9.85. The lowest BCUT2D eigenvalue weighted by Crippen LogP contribution is -2.51. The molecule has 0 amide bonds. The minimum atomic E-state index is 0.0126. The van der Waals surface area contributed by atoms with Crippen LogP contribution in [-0.2, 0) is 17.4 Å². The highest BCUT2D eigenvalue weighted by atomic mass is 15.1. The number of aromatic nitrogens is 1. The number of aryl methyl sites for hydroxylation is 1. The lowest BCUT2D eigenvalue weighted by molar-refractivity contribution is -0.716. The van der Waals surface area contributed by atoms with E-state index in [-0.39, 0.29) is 11.0 Å². The molecular formula is C23H22N+. The monoisotopic (exact) mass is 312 g/mol. The van der Waals surface area contributed by atoms with Gasteiger partial charge in [-0.2, -0.15) is 4.57 Å². The normalized spacial score (nSPS) is 27.6. The molecular weight excluding hydrogens is 290 g/mol. The summed E-state index contributed by atoms with van der Waals surface area (Å²) in [6.07, 6.45) is 5.61. The fraction of sp³-hybridized carbons (Fsp3) is 0.261. The molecule has 1 heteroatoms. The van der Waals surface area contributed by atoms with Crippen LogP contribution in [0.3, 0.4) is 0 Å². The third-order valence-corrected chi connectivity index (χ3v) is 6.51. The lowest BCUT2D eigenvalue weighted by Gasteiger charge is -2.20. The van der Waals surface area contributed by atoms with Crippen LogP contribution in [0.2, 0.25) is 0 Å². The quantitative estimate of drug-likeness (QED) is 0.477. The molecule has 1 spiro atoms. The van der Waals surface area contributed by atoms with Gasteiger partial charge in [0.15, 0.2) is 6.20 Å². The van der Waals surface area contributed by atoms with Crippen molar-refractivity contribution in [3.63, 3.8) is 0 Å². The van der Waals surface area contributed by atoms with E-state index in [2.05, 4.69) is 84.9 Å². The fourth-order valence-electron chi connectivity index (χ4n) is 5.32. The van der Waals surface area contributed by atoms with Gasteiger partial charge in [-0.15, -0.1) is 0 Å². The van der Waals surface area contributed by atoms with Crippen molar-refractivity contribution in [2.75, 3.05) is 0 Å². The number of hydrogen-bond acceptors (Lipinski definition) is 0. The van der Waals surface area contributed by atoms with Gasteiger partial charge in [0.05, 0.1) is 5.41 Å². The van der Waals surface area contributed by atoms with E-state index in [9.17, 15) is 0 Å². The molecule has 0 radical (unpaired) electrons. The van der Waals surface area contributed by atoms with Crippen LogP contribution in [0.5, 0.6) is 0 Å². The van der Waals surface area contributed by atoms with Crippen molar-refractivity contribution in [1.82, 2.24) is 0 Å². The molecule has 2 atom stereocenters. The summed E-state index contributed by atoms with van der Waals surface area (Å²) in [7, 11) is 0. The van der Waals surface area contributed by atoms with E-state index in [4.69, 9.17) is 0 Å². The summed E-state index contributed by atoms with van der Waals surface area (Å²) in [4.78, 5) is 0. The minimum absolute atomic E-state index is 0.0126. The number of allylic oxidation sites excluding steroid dienone is 1. The van der Waals surface area contributed by atoms with Crippen molar-refractivity contribution < 1.29 is 4.57 Å². The number of hydrogen-bond donors (Lipinski definition) is 0. The van der Waals surface area contributed by atoms with E-state index in [1.54, 1.807) is 0 Å². The number of pyridine rings is 1. The Labute approximate surface area is 143 Å². The molecule has 1 aliphatic heterocycles. The van der Waals surface area contributed by atoms with Crippen LogP contribution < -0.4 is 4.57 Å². The third kappa shape index (κ3) is 1.44. The van der Waals surface area contributed by atoms with Gasteiger partial charge < -0.3 is 0 Å². The third-order valence-electron chi connectivity index (χ3n) is 6.51. The first-order valence-corrected chi connectivity index (χ1v) is 8.93. The summed E-state index contributed by atoms with van der Waals surface area (Å²) in [5.41, 5.74) is 5.65. The maximum absolute atomic E-state index is 4.60. The molecule has 1 aliphatic carbocycles. The summed E-state index contributed by atoms with van der Waals surface area (Å²) < 4.78 is 2.53. The van der Waals surface area contributed by atoms with E-state index < -0.39 is 0 Å². The van der Waals surface area contributed by atoms with E-state index in [0.717, 1.165) is 19.3 Å². The molecule has 118 valence electrons. The molecule has 2 unspecified atom stereocenters. The van der Waals surface area contributed by atoms with Gasteiger partial charge in [0.2, 0.25) is 11.1 Å². The second-order valence-corrected chi connectivity index (χ2v) is 7.24. The van der Waals surface area contributed by atoms with Crippen LogP contribution in [0.25, 0.3) is 10.9 Å². The Bertz CT molecular complexity index is 972. The largest absolute Gasteiger partial charge is 0.213 e. The van der Waals surface area contributed by atoms with Gasteiger partial charge >= 0.3 is 0 Å². The Morgan fingerprint density at radius 2 is 1.88 bits per heavy atom. The van der Waals surface area contributed by atoms with Crippen LogP contribution in [0.4, 0.5) is 0 Å². The molecule has 2 bridgehead atoms. The van der Waals surface area contributed by atoms with Gasteiger partial charge in [-0.25, -0.2) is 0 Å². The molecule has 24 heavy (non-hydrogen) atoms. The number of rotatable bonds is 2. The predicted molar refractivity (Wildman–Crippen MR) is 98.0 cm³/mol. The predicted octanol–water partition coefficient (Wildman–Crippen LogP) is 4.69. The van der Waals surface area contributed by atoms with Crippen LogP contribution in [-0.4, -0.2) is 0 Å². The minimum Gasteiger partial charge on any atom is -0.188 e.